The summed E-state index contributed by atoms with van der Waals surface area (Å²) < 4.78 is 0. The highest BCUT2D eigenvalue weighted by atomic mass is 35.5. The molecule has 0 unspecified atom stereocenters. The van der Waals surface area contributed by atoms with E-state index in [1.54, 1.807) is 12.1 Å². The zero-order valence-corrected chi connectivity index (χ0v) is 13.4. The van der Waals surface area contributed by atoms with E-state index in [-0.39, 0.29) is 23.0 Å². The Morgan fingerprint density at radius 1 is 1.09 bits per heavy atom. The van der Waals surface area contributed by atoms with Crippen LogP contribution in [0.25, 0.3) is 21.8 Å². The van der Waals surface area contributed by atoms with Crippen LogP contribution in [-0.4, -0.2) is 30.0 Å². The highest BCUT2D eigenvalue weighted by Gasteiger charge is 2.18. The first kappa shape index (κ1) is 16.9. The van der Waals surface area contributed by atoms with E-state index in [2.05, 4.69) is 15.6 Å². The van der Waals surface area contributed by atoms with E-state index in [0.717, 1.165) is 23.1 Å². The summed E-state index contributed by atoms with van der Waals surface area (Å²) in [7, 11) is 1.87. The molecule has 0 atom stereocenters. The first-order chi connectivity index (χ1) is 10.7. The van der Waals surface area contributed by atoms with Crippen LogP contribution < -0.4 is 10.6 Å². The molecule has 0 amide bonds. The van der Waals surface area contributed by atoms with Crippen molar-refractivity contribution in [3.05, 3.63) is 52.6 Å². The van der Waals surface area contributed by atoms with Gasteiger partial charge in [0, 0.05) is 24.5 Å². The Morgan fingerprint density at radius 3 is 2.57 bits per heavy atom. The molecular formula is C16H17ClN4O2. The SMILES string of the molecule is CNCCNc1c2ccccc2nc2cccc([N+](=O)[O-])c12.Cl. The molecule has 0 saturated heterocycles. The summed E-state index contributed by atoms with van der Waals surface area (Å²) in [4.78, 5) is 15.6. The van der Waals surface area contributed by atoms with Crippen molar-refractivity contribution in [2.45, 2.75) is 0 Å². The molecule has 0 fully saturated rings. The van der Waals surface area contributed by atoms with Crippen molar-refractivity contribution >= 4 is 45.6 Å². The summed E-state index contributed by atoms with van der Waals surface area (Å²) in [6.45, 7) is 1.43. The Hall–Kier alpha value is -2.44. The molecule has 0 saturated carbocycles. The van der Waals surface area contributed by atoms with Gasteiger partial charge in [-0.05, 0) is 19.2 Å². The van der Waals surface area contributed by atoms with Gasteiger partial charge in [0.1, 0.15) is 5.39 Å². The number of halogens is 1. The van der Waals surface area contributed by atoms with Crippen LogP contribution in [-0.2, 0) is 0 Å². The maximum absolute atomic E-state index is 11.4. The summed E-state index contributed by atoms with van der Waals surface area (Å²) in [6.07, 6.45) is 0. The van der Waals surface area contributed by atoms with E-state index in [1.165, 1.54) is 6.07 Å². The lowest BCUT2D eigenvalue weighted by molar-refractivity contribution is -0.383. The molecular weight excluding hydrogens is 316 g/mol. The number of anilines is 1. The minimum Gasteiger partial charge on any atom is -0.382 e. The number of non-ortho nitro benzene ring substituents is 1. The Bertz CT molecular complexity index is 854. The summed E-state index contributed by atoms with van der Waals surface area (Å²) in [6, 6.07) is 12.7. The van der Waals surface area contributed by atoms with Gasteiger partial charge in [-0.25, -0.2) is 4.98 Å². The van der Waals surface area contributed by atoms with Gasteiger partial charge in [0.25, 0.3) is 5.69 Å². The van der Waals surface area contributed by atoms with Crippen LogP contribution in [0, 0.1) is 10.1 Å². The number of nitrogens with zero attached hydrogens (tertiary/aromatic N) is 2. The average Bonchev–Trinajstić information content (AvgIpc) is 2.53. The third kappa shape index (κ3) is 3.18. The molecule has 3 aromatic rings. The molecule has 120 valence electrons. The lowest BCUT2D eigenvalue weighted by Gasteiger charge is -2.13. The smallest absolute Gasteiger partial charge is 0.280 e. The van der Waals surface area contributed by atoms with E-state index < -0.39 is 0 Å². The fourth-order valence-corrected chi connectivity index (χ4v) is 2.57. The number of benzene rings is 2. The fourth-order valence-electron chi connectivity index (χ4n) is 2.57. The molecule has 0 bridgehead atoms. The third-order valence-corrected chi connectivity index (χ3v) is 3.56. The van der Waals surface area contributed by atoms with Gasteiger partial charge >= 0.3 is 0 Å². The Labute approximate surface area is 139 Å². The highest BCUT2D eigenvalue weighted by molar-refractivity contribution is 6.11. The summed E-state index contributed by atoms with van der Waals surface area (Å²) >= 11 is 0. The predicted octanol–water partition coefficient (Wildman–Crippen LogP) is 3.35. The monoisotopic (exact) mass is 332 g/mol. The van der Waals surface area contributed by atoms with Crippen molar-refractivity contribution in [3.8, 4) is 0 Å². The Balaban J connectivity index is 0.00000192. The van der Waals surface area contributed by atoms with Crippen LogP contribution in [0.15, 0.2) is 42.5 Å². The van der Waals surface area contributed by atoms with Crippen molar-refractivity contribution in [1.82, 2.24) is 10.3 Å². The van der Waals surface area contributed by atoms with Gasteiger partial charge in [0.05, 0.1) is 21.6 Å². The van der Waals surface area contributed by atoms with Gasteiger partial charge < -0.3 is 10.6 Å². The number of nitro groups is 1. The Morgan fingerprint density at radius 2 is 1.83 bits per heavy atom. The third-order valence-electron chi connectivity index (χ3n) is 3.56. The lowest BCUT2D eigenvalue weighted by atomic mass is 10.1. The molecule has 23 heavy (non-hydrogen) atoms. The average molecular weight is 333 g/mol. The largest absolute Gasteiger partial charge is 0.382 e. The second-order valence-electron chi connectivity index (χ2n) is 4.96. The molecule has 0 spiro atoms. The van der Waals surface area contributed by atoms with E-state index >= 15 is 0 Å². The predicted molar refractivity (Wildman–Crippen MR) is 95.6 cm³/mol. The number of nitro benzene ring substituents is 1. The zero-order valence-electron chi connectivity index (χ0n) is 12.6. The van der Waals surface area contributed by atoms with Crippen LogP contribution in [0.1, 0.15) is 0 Å². The molecule has 0 radical (unpaired) electrons. The van der Waals surface area contributed by atoms with Crippen molar-refractivity contribution in [3.63, 3.8) is 0 Å². The van der Waals surface area contributed by atoms with Crippen molar-refractivity contribution in [2.75, 3.05) is 25.5 Å². The first-order valence-corrected chi connectivity index (χ1v) is 7.06. The minimum absolute atomic E-state index is 0. The van der Waals surface area contributed by atoms with E-state index in [0.29, 0.717) is 17.4 Å². The van der Waals surface area contributed by atoms with Gasteiger partial charge in [-0.2, -0.15) is 0 Å². The van der Waals surface area contributed by atoms with Gasteiger partial charge in [-0.1, -0.05) is 24.3 Å². The topological polar surface area (TPSA) is 80.1 Å². The van der Waals surface area contributed by atoms with E-state index in [4.69, 9.17) is 0 Å². The highest BCUT2D eigenvalue weighted by Crippen LogP contribution is 2.36. The van der Waals surface area contributed by atoms with Crippen LogP contribution in [0.4, 0.5) is 11.4 Å². The molecule has 1 aromatic heterocycles. The van der Waals surface area contributed by atoms with E-state index in [9.17, 15) is 10.1 Å². The molecule has 2 aromatic carbocycles. The number of pyridine rings is 1. The summed E-state index contributed by atoms with van der Waals surface area (Å²) in [5.41, 5.74) is 2.29. The maximum Gasteiger partial charge on any atom is 0.280 e. The van der Waals surface area contributed by atoms with Gasteiger partial charge in [0.2, 0.25) is 0 Å². The summed E-state index contributed by atoms with van der Waals surface area (Å²) in [5.74, 6) is 0. The summed E-state index contributed by atoms with van der Waals surface area (Å²) in [5, 5.41) is 19.2. The van der Waals surface area contributed by atoms with Crippen molar-refractivity contribution in [2.24, 2.45) is 0 Å². The number of para-hydroxylation sites is 1. The second-order valence-corrected chi connectivity index (χ2v) is 4.96. The van der Waals surface area contributed by atoms with Gasteiger partial charge in [-0.3, -0.25) is 10.1 Å². The number of fused-ring (bicyclic) bond motifs is 2. The minimum atomic E-state index is -0.359. The van der Waals surface area contributed by atoms with Crippen LogP contribution in [0.3, 0.4) is 0 Å². The molecule has 6 nitrogen and oxygen atoms in total. The molecule has 0 aliphatic heterocycles. The molecule has 3 rings (SSSR count). The fraction of sp³-hybridized carbons (Fsp3) is 0.188. The second kappa shape index (κ2) is 7.21. The number of likely N-dealkylation sites (N-methyl/N-ethyl adjacent to an activating group) is 1. The Kier molecular flexibility index (Phi) is 5.31. The standard InChI is InChI=1S/C16H16N4O2.ClH/c1-17-9-10-18-16-11-5-2-3-6-12(11)19-13-7-4-8-14(15(13)16)20(21)22;/h2-8,17H,9-10H2,1H3,(H,18,19);1H. The van der Waals surface area contributed by atoms with Crippen molar-refractivity contribution in [1.29, 1.82) is 0 Å². The van der Waals surface area contributed by atoms with Crippen LogP contribution >= 0.6 is 12.4 Å². The number of hydrogen-bond donors (Lipinski definition) is 2. The molecule has 7 heteroatoms. The van der Waals surface area contributed by atoms with Crippen LogP contribution in [0.2, 0.25) is 0 Å². The zero-order chi connectivity index (χ0) is 15.5. The number of hydrogen-bond acceptors (Lipinski definition) is 5. The lowest BCUT2D eigenvalue weighted by Crippen LogP contribution is -2.18. The van der Waals surface area contributed by atoms with Crippen molar-refractivity contribution < 1.29 is 4.92 Å². The van der Waals surface area contributed by atoms with E-state index in [1.807, 2.05) is 31.3 Å². The number of nitrogens with one attached hydrogen (secondary N) is 2. The van der Waals surface area contributed by atoms with Crippen LogP contribution in [0.5, 0.6) is 0 Å². The first-order valence-electron chi connectivity index (χ1n) is 7.06. The number of rotatable bonds is 5. The van der Waals surface area contributed by atoms with Gasteiger partial charge in [-0.15, -0.1) is 12.4 Å². The molecule has 2 N–H and O–H groups in total. The number of aromatic nitrogens is 1. The normalized spacial score (nSPS) is 10.5. The van der Waals surface area contributed by atoms with Gasteiger partial charge in [0.15, 0.2) is 0 Å². The molecule has 0 aliphatic rings. The maximum atomic E-state index is 11.4. The molecule has 1 heterocycles. The quantitative estimate of drug-likeness (QED) is 0.324. The molecule has 0 aliphatic carbocycles.